The van der Waals surface area contributed by atoms with Crippen LogP contribution in [0.5, 0.6) is 0 Å². The third-order valence-corrected chi connectivity index (χ3v) is 4.57. The molecule has 0 spiro atoms. The number of nitrogen functional groups attached to an aromatic ring is 1. The minimum absolute atomic E-state index is 0.0912. The van der Waals surface area contributed by atoms with E-state index in [1.807, 2.05) is 6.92 Å². The molecule has 1 atom stereocenters. The molecular weight excluding hydrogens is 256 g/mol. The van der Waals surface area contributed by atoms with E-state index in [2.05, 4.69) is 10.4 Å². The molecule has 2 heterocycles. The molecule has 1 aromatic heterocycles. The topological polar surface area (TPSA) is 97.6 Å². The molecule has 1 aliphatic heterocycles. The molecule has 0 bridgehead atoms. The molecule has 8 heteroatoms. The van der Waals surface area contributed by atoms with Gasteiger partial charge in [0.25, 0.3) is 0 Å². The van der Waals surface area contributed by atoms with Gasteiger partial charge in [-0.15, -0.1) is 0 Å². The molecule has 0 radical (unpaired) electrons. The fourth-order valence-electron chi connectivity index (χ4n) is 1.77. The highest BCUT2D eigenvalue weighted by atomic mass is 32.2. The van der Waals surface area contributed by atoms with Crippen molar-refractivity contribution in [2.75, 3.05) is 25.1 Å². The molecule has 2 rings (SSSR count). The highest BCUT2D eigenvalue weighted by molar-refractivity contribution is 7.89. The van der Waals surface area contributed by atoms with Crippen LogP contribution in [0.15, 0.2) is 23.2 Å². The second-order valence-electron chi connectivity index (χ2n) is 4.07. The van der Waals surface area contributed by atoms with Crippen molar-refractivity contribution in [2.24, 2.45) is 5.84 Å². The number of hydrogen-bond acceptors (Lipinski definition) is 6. The number of nitrogens with zero attached hydrogens (tertiary/aromatic N) is 2. The van der Waals surface area contributed by atoms with E-state index in [0.717, 1.165) is 0 Å². The molecule has 1 saturated heterocycles. The van der Waals surface area contributed by atoms with Crippen LogP contribution in [0.3, 0.4) is 0 Å². The van der Waals surface area contributed by atoms with Crippen molar-refractivity contribution in [1.82, 2.24) is 9.29 Å². The maximum atomic E-state index is 12.3. The van der Waals surface area contributed by atoms with Gasteiger partial charge < -0.3 is 10.2 Å². The van der Waals surface area contributed by atoms with E-state index < -0.39 is 10.0 Å². The normalized spacial score (nSPS) is 21.8. The summed E-state index contributed by atoms with van der Waals surface area (Å²) in [6.45, 7) is 2.99. The van der Waals surface area contributed by atoms with Crippen LogP contribution in [0.25, 0.3) is 0 Å². The monoisotopic (exact) mass is 272 g/mol. The summed E-state index contributed by atoms with van der Waals surface area (Å²) in [5, 5.41) is 0. The largest absolute Gasteiger partial charge is 0.376 e. The van der Waals surface area contributed by atoms with Crippen molar-refractivity contribution in [3.63, 3.8) is 0 Å². The Morgan fingerprint density at radius 2 is 2.33 bits per heavy atom. The van der Waals surface area contributed by atoms with Crippen molar-refractivity contribution in [3.8, 4) is 0 Å². The Morgan fingerprint density at radius 3 is 2.89 bits per heavy atom. The number of hydrazine groups is 1. The molecule has 0 aliphatic carbocycles. The quantitative estimate of drug-likeness (QED) is 0.583. The molecule has 18 heavy (non-hydrogen) atoms. The Morgan fingerprint density at radius 1 is 1.56 bits per heavy atom. The van der Waals surface area contributed by atoms with E-state index in [1.54, 1.807) is 0 Å². The Bertz CT molecular complexity index is 502. The lowest BCUT2D eigenvalue weighted by Crippen LogP contribution is -2.44. The van der Waals surface area contributed by atoms with Gasteiger partial charge in [0, 0.05) is 19.3 Å². The number of nitrogens with one attached hydrogen (secondary N) is 1. The highest BCUT2D eigenvalue weighted by Gasteiger charge is 2.29. The van der Waals surface area contributed by atoms with Crippen molar-refractivity contribution < 1.29 is 13.2 Å². The predicted octanol–water partition coefficient (Wildman–Crippen LogP) is -0.223. The van der Waals surface area contributed by atoms with E-state index in [9.17, 15) is 8.42 Å². The zero-order chi connectivity index (χ0) is 13.2. The van der Waals surface area contributed by atoms with Gasteiger partial charge in [0.2, 0.25) is 10.0 Å². The molecule has 0 aromatic carbocycles. The van der Waals surface area contributed by atoms with Gasteiger partial charge in [0.1, 0.15) is 10.7 Å². The van der Waals surface area contributed by atoms with Crippen LogP contribution in [-0.4, -0.2) is 43.5 Å². The number of morpholine rings is 1. The van der Waals surface area contributed by atoms with Gasteiger partial charge in [-0.1, -0.05) is 0 Å². The van der Waals surface area contributed by atoms with Gasteiger partial charge in [-0.05, 0) is 19.1 Å². The first-order chi connectivity index (χ1) is 8.54. The number of anilines is 1. The second kappa shape index (κ2) is 5.19. The van der Waals surface area contributed by atoms with Crippen LogP contribution < -0.4 is 11.3 Å². The van der Waals surface area contributed by atoms with Crippen LogP contribution >= 0.6 is 0 Å². The fraction of sp³-hybridized carbons (Fsp3) is 0.500. The highest BCUT2D eigenvalue weighted by Crippen LogP contribution is 2.18. The van der Waals surface area contributed by atoms with Gasteiger partial charge in [0.05, 0.1) is 12.7 Å². The van der Waals surface area contributed by atoms with E-state index in [0.29, 0.717) is 25.5 Å². The minimum Gasteiger partial charge on any atom is -0.376 e. The Labute approximate surface area is 106 Å². The number of hydrogen-bond donors (Lipinski definition) is 2. The van der Waals surface area contributed by atoms with Crippen LogP contribution in [0.4, 0.5) is 5.82 Å². The van der Waals surface area contributed by atoms with Crippen molar-refractivity contribution in [2.45, 2.75) is 17.9 Å². The summed E-state index contributed by atoms with van der Waals surface area (Å²) >= 11 is 0. The second-order valence-corrected chi connectivity index (χ2v) is 6.01. The summed E-state index contributed by atoms with van der Waals surface area (Å²) in [6, 6.07) is 3.01. The van der Waals surface area contributed by atoms with Gasteiger partial charge in [-0.25, -0.2) is 19.2 Å². The molecular formula is C10H16N4O3S. The van der Waals surface area contributed by atoms with E-state index >= 15 is 0 Å². The lowest BCUT2D eigenvalue weighted by Gasteiger charge is -2.30. The SMILES string of the molecule is CC1CN(S(=O)(=O)c2ccc(NN)nc2)CCO1. The lowest BCUT2D eigenvalue weighted by atomic mass is 10.3. The number of pyridine rings is 1. The first-order valence-electron chi connectivity index (χ1n) is 5.58. The summed E-state index contributed by atoms with van der Waals surface area (Å²) in [5.41, 5.74) is 2.35. The van der Waals surface area contributed by atoms with Crippen LogP contribution in [0.2, 0.25) is 0 Å². The van der Waals surface area contributed by atoms with Gasteiger partial charge in [0.15, 0.2) is 0 Å². The summed E-state index contributed by atoms with van der Waals surface area (Å²) in [7, 11) is -3.50. The third-order valence-electron chi connectivity index (χ3n) is 2.73. The summed E-state index contributed by atoms with van der Waals surface area (Å²) in [5.74, 6) is 5.60. The van der Waals surface area contributed by atoms with E-state index in [-0.39, 0.29) is 11.0 Å². The summed E-state index contributed by atoms with van der Waals surface area (Å²) < 4.78 is 31.4. The van der Waals surface area contributed by atoms with Crippen LogP contribution in [0.1, 0.15) is 6.92 Å². The molecule has 1 unspecified atom stereocenters. The lowest BCUT2D eigenvalue weighted by molar-refractivity contribution is 0.0102. The molecule has 3 N–H and O–H groups in total. The number of aromatic nitrogens is 1. The average Bonchev–Trinajstić information content (AvgIpc) is 2.39. The van der Waals surface area contributed by atoms with Crippen LogP contribution in [0, 0.1) is 0 Å². The molecule has 0 saturated carbocycles. The molecule has 7 nitrogen and oxygen atoms in total. The summed E-state index contributed by atoms with van der Waals surface area (Å²) in [6.07, 6.45) is 1.21. The Hall–Kier alpha value is -1.22. The number of ether oxygens (including phenoxy) is 1. The Balaban J connectivity index is 2.23. The molecule has 1 aliphatic rings. The molecule has 0 amide bonds. The van der Waals surface area contributed by atoms with Crippen LogP contribution in [-0.2, 0) is 14.8 Å². The standard InChI is InChI=1S/C10H16N4O3S/c1-8-7-14(4-5-17-8)18(15,16)9-2-3-10(13-11)12-6-9/h2-3,6,8H,4-5,7,11H2,1H3,(H,12,13). The first kappa shape index (κ1) is 13.2. The van der Waals surface area contributed by atoms with E-state index in [1.165, 1.54) is 22.6 Å². The van der Waals surface area contributed by atoms with Gasteiger partial charge in [-0.2, -0.15) is 4.31 Å². The predicted molar refractivity (Wildman–Crippen MR) is 66.2 cm³/mol. The average molecular weight is 272 g/mol. The maximum Gasteiger partial charge on any atom is 0.244 e. The van der Waals surface area contributed by atoms with Crippen molar-refractivity contribution in [3.05, 3.63) is 18.3 Å². The smallest absolute Gasteiger partial charge is 0.244 e. The first-order valence-corrected chi connectivity index (χ1v) is 7.02. The zero-order valence-electron chi connectivity index (χ0n) is 10.0. The third kappa shape index (κ3) is 2.61. The van der Waals surface area contributed by atoms with Gasteiger partial charge >= 0.3 is 0 Å². The number of sulfonamides is 1. The number of nitrogens with two attached hydrogens (primary N) is 1. The molecule has 1 aromatic rings. The molecule has 1 fully saturated rings. The molecule has 100 valence electrons. The van der Waals surface area contributed by atoms with Crippen molar-refractivity contribution in [1.29, 1.82) is 0 Å². The fourth-order valence-corrected chi connectivity index (χ4v) is 3.22. The number of rotatable bonds is 3. The zero-order valence-corrected chi connectivity index (χ0v) is 10.9. The van der Waals surface area contributed by atoms with E-state index in [4.69, 9.17) is 10.6 Å². The maximum absolute atomic E-state index is 12.3. The summed E-state index contributed by atoms with van der Waals surface area (Å²) in [4.78, 5) is 4.07. The minimum atomic E-state index is -3.50. The Kier molecular flexibility index (Phi) is 3.81. The van der Waals surface area contributed by atoms with Gasteiger partial charge in [-0.3, -0.25) is 0 Å². The van der Waals surface area contributed by atoms with Crippen molar-refractivity contribution >= 4 is 15.8 Å².